The van der Waals surface area contributed by atoms with E-state index in [4.69, 9.17) is 0 Å². The zero-order valence-corrected chi connectivity index (χ0v) is 17.9. The Hall–Kier alpha value is -1.31. The second kappa shape index (κ2) is 14.7. The SMILES string of the molecule is CCCCCCCCCCCCCCCC[N+]1=CN(c2ccccc2)CC1. The molecule has 0 saturated heterocycles. The van der Waals surface area contributed by atoms with E-state index in [9.17, 15) is 0 Å². The van der Waals surface area contributed by atoms with Gasteiger partial charge in [0.05, 0.1) is 6.54 Å². The summed E-state index contributed by atoms with van der Waals surface area (Å²) in [6, 6.07) is 10.7. The van der Waals surface area contributed by atoms with Crippen molar-refractivity contribution < 1.29 is 4.58 Å². The van der Waals surface area contributed by atoms with Crippen LogP contribution >= 0.6 is 0 Å². The van der Waals surface area contributed by atoms with Crippen LogP contribution in [0.1, 0.15) is 96.8 Å². The van der Waals surface area contributed by atoms with E-state index >= 15 is 0 Å². The van der Waals surface area contributed by atoms with E-state index in [1.807, 2.05) is 0 Å². The third-order valence-corrected chi connectivity index (χ3v) is 5.82. The van der Waals surface area contributed by atoms with Gasteiger partial charge in [0, 0.05) is 0 Å². The Morgan fingerprint density at radius 1 is 0.704 bits per heavy atom. The van der Waals surface area contributed by atoms with Crippen LogP contribution in [0.4, 0.5) is 5.69 Å². The zero-order valence-electron chi connectivity index (χ0n) is 17.9. The molecule has 0 aliphatic carbocycles. The summed E-state index contributed by atoms with van der Waals surface area (Å²) in [7, 11) is 0. The van der Waals surface area contributed by atoms with Crippen molar-refractivity contribution in [3.8, 4) is 0 Å². The molecule has 27 heavy (non-hydrogen) atoms. The summed E-state index contributed by atoms with van der Waals surface area (Å²) in [6.07, 6.45) is 22.4. The van der Waals surface area contributed by atoms with Gasteiger partial charge in [-0.3, -0.25) is 4.58 Å². The van der Waals surface area contributed by atoms with E-state index in [-0.39, 0.29) is 0 Å². The fourth-order valence-corrected chi connectivity index (χ4v) is 4.04. The molecule has 1 heterocycles. The van der Waals surface area contributed by atoms with Gasteiger partial charge in [-0.05, 0) is 25.0 Å². The van der Waals surface area contributed by atoms with Gasteiger partial charge >= 0.3 is 0 Å². The topological polar surface area (TPSA) is 6.25 Å². The van der Waals surface area contributed by atoms with Crippen molar-refractivity contribution in [2.75, 3.05) is 24.5 Å². The molecule has 2 nitrogen and oxygen atoms in total. The van der Waals surface area contributed by atoms with Gasteiger partial charge in [-0.15, -0.1) is 0 Å². The molecule has 0 saturated carbocycles. The lowest BCUT2D eigenvalue weighted by Crippen LogP contribution is -2.17. The highest BCUT2D eigenvalue weighted by Crippen LogP contribution is 2.15. The summed E-state index contributed by atoms with van der Waals surface area (Å²) in [4.78, 5) is 2.38. The fourth-order valence-electron chi connectivity index (χ4n) is 4.04. The number of hydrogen-bond acceptors (Lipinski definition) is 1. The molecule has 0 fully saturated rings. The summed E-state index contributed by atoms with van der Waals surface area (Å²) in [5, 5.41) is 0. The largest absolute Gasteiger partial charge is 0.264 e. The van der Waals surface area contributed by atoms with Gasteiger partial charge in [-0.2, -0.15) is 0 Å². The van der Waals surface area contributed by atoms with Crippen LogP contribution in [0.2, 0.25) is 0 Å². The second-order valence-electron chi connectivity index (χ2n) is 8.28. The fraction of sp³-hybridized carbons (Fsp3) is 0.720. The highest BCUT2D eigenvalue weighted by Gasteiger charge is 2.20. The maximum atomic E-state index is 2.49. The molecule has 0 radical (unpaired) electrons. The molecule has 1 aromatic carbocycles. The number of nitrogens with zero attached hydrogens (tertiary/aromatic N) is 2. The first kappa shape index (κ1) is 22.0. The van der Waals surface area contributed by atoms with Gasteiger partial charge in [-0.25, -0.2) is 4.90 Å². The van der Waals surface area contributed by atoms with Gasteiger partial charge in [0.1, 0.15) is 18.8 Å². The maximum absolute atomic E-state index is 2.49. The van der Waals surface area contributed by atoms with E-state index in [1.54, 1.807) is 0 Å². The molecular weight excluding hydrogens is 328 g/mol. The summed E-state index contributed by atoms with van der Waals surface area (Å²) >= 11 is 0. The number of unbranched alkanes of at least 4 members (excludes halogenated alkanes) is 13. The molecule has 0 aromatic heterocycles. The molecule has 2 rings (SSSR count). The van der Waals surface area contributed by atoms with Crippen LogP contribution in [0, 0.1) is 0 Å². The van der Waals surface area contributed by atoms with Crippen LogP contribution < -0.4 is 4.90 Å². The van der Waals surface area contributed by atoms with Crippen molar-refractivity contribution in [2.45, 2.75) is 96.8 Å². The van der Waals surface area contributed by atoms with Crippen LogP contribution in [0.15, 0.2) is 30.3 Å². The molecule has 1 aliphatic rings. The number of benzene rings is 1. The predicted molar refractivity (Wildman–Crippen MR) is 120 cm³/mol. The Morgan fingerprint density at radius 2 is 1.22 bits per heavy atom. The molecule has 0 unspecified atom stereocenters. The molecular formula is C25H43N2+. The third-order valence-electron chi connectivity index (χ3n) is 5.82. The smallest absolute Gasteiger partial charge is 0.239 e. The van der Waals surface area contributed by atoms with E-state index in [2.05, 4.69) is 53.1 Å². The minimum atomic E-state index is 1.13. The zero-order chi connectivity index (χ0) is 19.0. The Kier molecular flexibility index (Phi) is 12.0. The molecule has 1 aliphatic heterocycles. The van der Waals surface area contributed by atoms with Crippen LogP contribution in [-0.4, -0.2) is 30.5 Å². The Labute approximate surface area is 168 Å². The first-order chi connectivity index (χ1) is 13.4. The van der Waals surface area contributed by atoms with E-state index < -0.39 is 0 Å². The lowest BCUT2D eigenvalue weighted by Gasteiger charge is -2.04. The monoisotopic (exact) mass is 371 g/mol. The molecule has 0 amide bonds. The van der Waals surface area contributed by atoms with Crippen LogP contribution in [0.25, 0.3) is 0 Å². The molecule has 2 heteroatoms. The highest BCUT2D eigenvalue weighted by atomic mass is 15.3. The molecule has 152 valence electrons. The molecule has 1 aromatic rings. The predicted octanol–water partition coefficient (Wildman–Crippen LogP) is 7.03. The molecule has 0 bridgehead atoms. The van der Waals surface area contributed by atoms with Gasteiger partial charge in [0.25, 0.3) is 0 Å². The minimum absolute atomic E-state index is 1.13. The van der Waals surface area contributed by atoms with Crippen molar-refractivity contribution in [3.05, 3.63) is 30.3 Å². The highest BCUT2D eigenvalue weighted by molar-refractivity contribution is 5.76. The van der Waals surface area contributed by atoms with Crippen molar-refractivity contribution in [2.24, 2.45) is 0 Å². The molecule has 0 atom stereocenters. The number of para-hydroxylation sites is 1. The van der Waals surface area contributed by atoms with E-state index in [1.165, 1.54) is 109 Å². The normalized spacial score (nSPS) is 14.0. The number of anilines is 1. The quantitative estimate of drug-likeness (QED) is 0.223. The van der Waals surface area contributed by atoms with Crippen LogP contribution in [0.3, 0.4) is 0 Å². The van der Waals surface area contributed by atoms with Crippen molar-refractivity contribution in [1.29, 1.82) is 0 Å². The Balaban J connectivity index is 1.37. The van der Waals surface area contributed by atoms with E-state index in [0.717, 1.165) is 6.54 Å². The Bertz CT molecular complexity index is 494. The molecule has 0 spiro atoms. The van der Waals surface area contributed by atoms with E-state index in [0.29, 0.717) is 0 Å². The summed E-state index contributed by atoms with van der Waals surface area (Å²) in [6.45, 7) is 5.82. The summed E-state index contributed by atoms with van der Waals surface area (Å²) < 4.78 is 2.49. The van der Waals surface area contributed by atoms with Gasteiger partial charge in [-0.1, -0.05) is 102 Å². The minimum Gasteiger partial charge on any atom is -0.264 e. The first-order valence-corrected chi connectivity index (χ1v) is 11.8. The average Bonchev–Trinajstić information content (AvgIpc) is 3.18. The molecule has 0 N–H and O–H groups in total. The van der Waals surface area contributed by atoms with Crippen molar-refractivity contribution in [3.63, 3.8) is 0 Å². The summed E-state index contributed by atoms with van der Waals surface area (Å²) in [5.41, 5.74) is 1.32. The lowest BCUT2D eigenvalue weighted by atomic mass is 10.0. The van der Waals surface area contributed by atoms with Gasteiger partial charge in [0.15, 0.2) is 0 Å². The van der Waals surface area contributed by atoms with Crippen LogP contribution in [0.5, 0.6) is 0 Å². The summed E-state index contributed by atoms with van der Waals surface area (Å²) in [5.74, 6) is 0. The second-order valence-corrected chi connectivity index (χ2v) is 8.28. The lowest BCUT2D eigenvalue weighted by molar-refractivity contribution is -0.514. The van der Waals surface area contributed by atoms with Crippen molar-refractivity contribution >= 4 is 12.0 Å². The van der Waals surface area contributed by atoms with Crippen molar-refractivity contribution in [1.82, 2.24) is 0 Å². The van der Waals surface area contributed by atoms with Gasteiger partial charge < -0.3 is 0 Å². The maximum Gasteiger partial charge on any atom is 0.239 e. The van der Waals surface area contributed by atoms with Crippen LogP contribution in [-0.2, 0) is 0 Å². The Morgan fingerprint density at radius 3 is 1.78 bits per heavy atom. The van der Waals surface area contributed by atoms with Gasteiger partial charge in [0.2, 0.25) is 6.34 Å². The third kappa shape index (κ3) is 9.98. The first-order valence-electron chi connectivity index (χ1n) is 11.8. The number of rotatable bonds is 16. The average molecular weight is 372 g/mol. The standard InChI is InChI=1S/C25H43N2/c1-2-3-4-5-6-7-8-9-10-11-12-13-14-18-21-26-22-23-27(24-26)25-19-16-15-17-20-25/h15-17,19-20,24H,2-14,18,21-23H2,1H3/q+1. The number of hydrogen-bond donors (Lipinski definition) is 0.